The molecule has 0 spiro atoms. The number of carbonyl (C=O) groups excluding carboxylic acids is 1. The molecule has 1 heterocycles. The van der Waals surface area contributed by atoms with E-state index in [4.69, 9.17) is 0 Å². The molecule has 0 aliphatic heterocycles. The minimum atomic E-state index is -0.501. The first kappa shape index (κ1) is 12.8. The van der Waals surface area contributed by atoms with Crippen LogP contribution in [-0.2, 0) is 0 Å². The first-order valence-corrected chi connectivity index (χ1v) is 5.48. The van der Waals surface area contributed by atoms with E-state index < -0.39 is 6.10 Å². The van der Waals surface area contributed by atoms with Crippen LogP contribution in [0.4, 0.5) is 0 Å². The minimum absolute atomic E-state index is 0.0660. The summed E-state index contributed by atoms with van der Waals surface area (Å²) in [4.78, 5) is 14.3. The van der Waals surface area contributed by atoms with E-state index in [0.29, 0.717) is 12.1 Å². The molecule has 1 amide bonds. The predicted octanol–water partition coefficient (Wildman–Crippen LogP) is 1.54. The zero-order valence-corrected chi connectivity index (χ0v) is 10.1. The number of nitrogens with one attached hydrogen (secondary N) is 2. The summed E-state index contributed by atoms with van der Waals surface area (Å²) < 4.78 is 0. The maximum Gasteiger partial charge on any atom is 0.267 e. The van der Waals surface area contributed by atoms with Crippen LogP contribution in [0.15, 0.2) is 18.3 Å². The summed E-state index contributed by atoms with van der Waals surface area (Å²) >= 11 is 0. The minimum Gasteiger partial charge on any atom is -0.391 e. The topological polar surface area (TPSA) is 65.1 Å². The Morgan fingerprint density at radius 3 is 2.75 bits per heavy atom. The summed E-state index contributed by atoms with van der Waals surface area (Å²) in [6.45, 7) is 6.46. The molecule has 0 bridgehead atoms. The Labute approximate surface area is 96.1 Å². The third kappa shape index (κ3) is 4.49. The molecule has 0 fully saturated rings. The number of hydrogen-bond acceptors (Lipinski definition) is 2. The molecular weight excluding hydrogens is 204 g/mol. The molecule has 90 valence electrons. The normalized spacial score (nSPS) is 13.5. The van der Waals surface area contributed by atoms with E-state index in [2.05, 4.69) is 31.1 Å². The van der Waals surface area contributed by atoms with Gasteiger partial charge in [-0.1, -0.05) is 20.8 Å². The van der Waals surface area contributed by atoms with Crippen molar-refractivity contribution in [1.29, 1.82) is 0 Å². The molecule has 0 aliphatic rings. The number of amides is 1. The standard InChI is InChI=1S/C12H20N2O2/c1-12(2,3)7-9(15)8-14-11(16)10-5-4-6-13-10/h4-6,9,13,15H,7-8H2,1-3H3,(H,14,16)/t9-/m0/s1. The van der Waals surface area contributed by atoms with Gasteiger partial charge in [-0.25, -0.2) is 0 Å². The fraction of sp³-hybridized carbons (Fsp3) is 0.583. The Bertz CT molecular complexity index is 325. The van der Waals surface area contributed by atoms with Crippen LogP contribution >= 0.6 is 0 Å². The second-order valence-corrected chi connectivity index (χ2v) is 5.21. The first-order chi connectivity index (χ1) is 7.38. The number of carbonyl (C=O) groups is 1. The lowest BCUT2D eigenvalue weighted by Gasteiger charge is -2.22. The highest BCUT2D eigenvalue weighted by molar-refractivity contribution is 5.92. The van der Waals surface area contributed by atoms with Gasteiger partial charge in [0.2, 0.25) is 0 Å². The van der Waals surface area contributed by atoms with E-state index >= 15 is 0 Å². The molecule has 4 heteroatoms. The van der Waals surface area contributed by atoms with Crippen molar-refractivity contribution in [3.63, 3.8) is 0 Å². The van der Waals surface area contributed by atoms with Gasteiger partial charge in [0.25, 0.3) is 5.91 Å². The van der Waals surface area contributed by atoms with Crippen molar-refractivity contribution in [2.24, 2.45) is 5.41 Å². The molecule has 0 aromatic carbocycles. The van der Waals surface area contributed by atoms with Crippen LogP contribution in [-0.4, -0.2) is 28.6 Å². The van der Waals surface area contributed by atoms with Gasteiger partial charge < -0.3 is 15.4 Å². The lowest BCUT2D eigenvalue weighted by molar-refractivity contribution is 0.0865. The summed E-state index contributed by atoms with van der Waals surface area (Å²) in [5, 5.41) is 12.4. The van der Waals surface area contributed by atoms with Gasteiger partial charge in [0.15, 0.2) is 0 Å². The lowest BCUT2D eigenvalue weighted by atomic mass is 9.89. The Balaban J connectivity index is 2.32. The van der Waals surface area contributed by atoms with Crippen molar-refractivity contribution in [2.45, 2.75) is 33.3 Å². The number of hydrogen-bond donors (Lipinski definition) is 3. The molecule has 1 aromatic rings. The summed E-state index contributed by atoms with van der Waals surface area (Å²) in [5.41, 5.74) is 0.583. The maximum atomic E-state index is 11.5. The number of aromatic nitrogens is 1. The summed E-state index contributed by atoms with van der Waals surface area (Å²) in [6, 6.07) is 3.46. The number of aliphatic hydroxyl groups is 1. The molecule has 3 N–H and O–H groups in total. The van der Waals surface area contributed by atoms with Crippen molar-refractivity contribution in [2.75, 3.05) is 6.54 Å². The molecule has 1 aromatic heterocycles. The Morgan fingerprint density at radius 1 is 1.56 bits per heavy atom. The zero-order chi connectivity index (χ0) is 12.2. The molecule has 4 nitrogen and oxygen atoms in total. The smallest absolute Gasteiger partial charge is 0.267 e. The van der Waals surface area contributed by atoms with E-state index in [1.807, 2.05) is 0 Å². The number of rotatable bonds is 4. The Morgan fingerprint density at radius 2 is 2.25 bits per heavy atom. The molecule has 0 saturated heterocycles. The van der Waals surface area contributed by atoms with E-state index in [-0.39, 0.29) is 17.9 Å². The number of aromatic amines is 1. The van der Waals surface area contributed by atoms with Crippen LogP contribution in [0.5, 0.6) is 0 Å². The van der Waals surface area contributed by atoms with Gasteiger partial charge in [0.05, 0.1) is 6.10 Å². The first-order valence-electron chi connectivity index (χ1n) is 5.48. The van der Waals surface area contributed by atoms with Crippen molar-refractivity contribution >= 4 is 5.91 Å². The van der Waals surface area contributed by atoms with E-state index in [1.54, 1.807) is 18.3 Å². The van der Waals surface area contributed by atoms with Gasteiger partial charge >= 0.3 is 0 Å². The van der Waals surface area contributed by atoms with Gasteiger partial charge in [0, 0.05) is 12.7 Å². The van der Waals surface area contributed by atoms with Crippen LogP contribution in [0.3, 0.4) is 0 Å². The largest absolute Gasteiger partial charge is 0.391 e. The van der Waals surface area contributed by atoms with Gasteiger partial charge in [0.1, 0.15) is 5.69 Å². The summed E-state index contributed by atoms with van der Waals surface area (Å²) in [6.07, 6.45) is 1.86. The fourth-order valence-corrected chi connectivity index (χ4v) is 1.56. The van der Waals surface area contributed by atoms with Crippen molar-refractivity contribution in [3.05, 3.63) is 24.0 Å². The van der Waals surface area contributed by atoms with Crippen LogP contribution in [0.25, 0.3) is 0 Å². The van der Waals surface area contributed by atoms with Crippen LogP contribution in [0.2, 0.25) is 0 Å². The van der Waals surface area contributed by atoms with Crippen molar-refractivity contribution in [3.8, 4) is 0 Å². The molecule has 0 unspecified atom stereocenters. The number of H-pyrrole nitrogens is 1. The molecule has 0 saturated carbocycles. The second-order valence-electron chi connectivity index (χ2n) is 5.21. The van der Waals surface area contributed by atoms with Crippen LogP contribution < -0.4 is 5.32 Å². The van der Waals surface area contributed by atoms with Gasteiger partial charge in [-0.3, -0.25) is 4.79 Å². The third-order valence-corrected chi connectivity index (χ3v) is 2.19. The predicted molar refractivity (Wildman–Crippen MR) is 63.2 cm³/mol. The number of aliphatic hydroxyl groups excluding tert-OH is 1. The molecule has 16 heavy (non-hydrogen) atoms. The third-order valence-electron chi connectivity index (χ3n) is 2.19. The zero-order valence-electron chi connectivity index (χ0n) is 10.1. The molecule has 0 aliphatic carbocycles. The summed E-state index contributed by atoms with van der Waals surface area (Å²) in [7, 11) is 0. The monoisotopic (exact) mass is 224 g/mol. The van der Waals surface area contributed by atoms with Gasteiger partial charge in [-0.15, -0.1) is 0 Å². The average molecular weight is 224 g/mol. The second kappa shape index (κ2) is 5.16. The molecular formula is C12H20N2O2. The van der Waals surface area contributed by atoms with Crippen molar-refractivity contribution < 1.29 is 9.90 Å². The highest BCUT2D eigenvalue weighted by Crippen LogP contribution is 2.20. The Hall–Kier alpha value is -1.29. The van der Waals surface area contributed by atoms with Gasteiger partial charge in [-0.05, 0) is 24.0 Å². The Kier molecular flexibility index (Phi) is 4.12. The summed E-state index contributed by atoms with van der Waals surface area (Å²) in [5.74, 6) is -0.182. The highest BCUT2D eigenvalue weighted by Gasteiger charge is 2.17. The van der Waals surface area contributed by atoms with Gasteiger partial charge in [-0.2, -0.15) is 0 Å². The lowest BCUT2D eigenvalue weighted by Crippen LogP contribution is -2.34. The van der Waals surface area contributed by atoms with Crippen LogP contribution in [0, 0.1) is 5.41 Å². The fourth-order valence-electron chi connectivity index (χ4n) is 1.56. The van der Waals surface area contributed by atoms with Crippen molar-refractivity contribution in [1.82, 2.24) is 10.3 Å². The quantitative estimate of drug-likeness (QED) is 0.726. The van der Waals surface area contributed by atoms with Crippen LogP contribution in [0.1, 0.15) is 37.7 Å². The molecule has 1 rings (SSSR count). The SMILES string of the molecule is CC(C)(C)C[C@H](O)CNC(=O)c1ccc[nH]1. The highest BCUT2D eigenvalue weighted by atomic mass is 16.3. The van der Waals surface area contributed by atoms with E-state index in [9.17, 15) is 9.90 Å². The van der Waals surface area contributed by atoms with E-state index in [1.165, 1.54) is 0 Å². The maximum absolute atomic E-state index is 11.5. The molecule has 1 atom stereocenters. The van der Waals surface area contributed by atoms with E-state index in [0.717, 1.165) is 0 Å². The molecule has 0 radical (unpaired) electrons. The average Bonchev–Trinajstić information content (AvgIpc) is 2.64.